The minimum Gasteiger partial charge on any atom is -0.493 e. The monoisotopic (exact) mass is 516 g/mol. The molecule has 0 bridgehead atoms. The van der Waals surface area contributed by atoms with E-state index >= 15 is 0 Å². The van der Waals surface area contributed by atoms with Crippen LogP contribution in [0.1, 0.15) is 61.6 Å². The molecule has 0 N–H and O–H groups in total. The van der Waals surface area contributed by atoms with Gasteiger partial charge in [-0.1, -0.05) is 30.3 Å². The molecule has 0 amide bonds. The van der Waals surface area contributed by atoms with Crippen LogP contribution < -0.4 is 14.4 Å². The average molecular weight is 517 g/mol. The van der Waals surface area contributed by atoms with Crippen LogP contribution >= 0.6 is 0 Å². The molecule has 7 heteroatoms. The van der Waals surface area contributed by atoms with Crippen LogP contribution in [0.25, 0.3) is 0 Å². The van der Waals surface area contributed by atoms with Crippen LogP contribution in [-0.2, 0) is 6.42 Å². The summed E-state index contributed by atoms with van der Waals surface area (Å²) in [7, 11) is 1.70. The number of hydrogen-bond donors (Lipinski definition) is 0. The molecule has 3 aromatic rings. The van der Waals surface area contributed by atoms with Gasteiger partial charge in [0.15, 0.2) is 17.3 Å². The van der Waals surface area contributed by atoms with Crippen molar-refractivity contribution in [3.8, 4) is 11.5 Å². The van der Waals surface area contributed by atoms with Crippen LogP contribution in [0, 0.1) is 0 Å². The summed E-state index contributed by atoms with van der Waals surface area (Å²) in [5.74, 6) is 1.69. The second-order valence-electron chi connectivity index (χ2n) is 10.8. The summed E-state index contributed by atoms with van der Waals surface area (Å²) in [6, 6.07) is 17.3. The zero-order chi connectivity index (χ0) is 26.5. The molecule has 0 radical (unpaired) electrons. The van der Waals surface area contributed by atoms with Crippen LogP contribution in [0.3, 0.4) is 0 Å². The van der Waals surface area contributed by atoms with E-state index in [2.05, 4.69) is 65.0 Å². The third kappa shape index (κ3) is 6.21. The number of aromatic nitrogens is 2. The van der Waals surface area contributed by atoms with Crippen molar-refractivity contribution >= 4 is 11.5 Å². The van der Waals surface area contributed by atoms with Gasteiger partial charge >= 0.3 is 0 Å². The molecular formula is C31H40N4O3. The number of ketones is 1. The standard InChI is InChI=1S/C31H40N4O3/c1-23(2)35-20-28(32-22-35)29(36)21-34-16-15-33(19-26(34)17-24-9-5-4-6-10-24)25-13-14-30(37-3)31(18-25)38-27-11-7-8-12-27/h4-6,9-10,13-14,18,20,22-23,26-27H,7-8,11-12,15-17,19,21H2,1-3H3/t26-/m0/s1. The van der Waals surface area contributed by atoms with Crippen molar-refractivity contribution < 1.29 is 14.3 Å². The second kappa shape index (κ2) is 12.0. The Kier molecular flexibility index (Phi) is 8.32. The molecule has 0 unspecified atom stereocenters. The Balaban J connectivity index is 1.33. The predicted molar refractivity (Wildman–Crippen MR) is 151 cm³/mol. The number of methoxy groups -OCH3 is 1. The lowest BCUT2D eigenvalue weighted by Gasteiger charge is -2.42. The highest BCUT2D eigenvalue weighted by Gasteiger charge is 2.30. The van der Waals surface area contributed by atoms with E-state index in [1.165, 1.54) is 18.4 Å². The van der Waals surface area contributed by atoms with Crippen molar-refractivity contribution in [1.29, 1.82) is 0 Å². The number of ether oxygens (including phenoxy) is 2. The van der Waals surface area contributed by atoms with E-state index < -0.39 is 0 Å². The Morgan fingerprint density at radius 3 is 2.55 bits per heavy atom. The molecule has 202 valence electrons. The van der Waals surface area contributed by atoms with Crippen molar-refractivity contribution in [2.75, 3.05) is 38.2 Å². The van der Waals surface area contributed by atoms with Crippen molar-refractivity contribution in [1.82, 2.24) is 14.5 Å². The number of piperazine rings is 1. The smallest absolute Gasteiger partial charge is 0.196 e. The number of carbonyl (C=O) groups is 1. The first-order chi connectivity index (χ1) is 18.5. The summed E-state index contributed by atoms with van der Waals surface area (Å²) in [4.78, 5) is 22.4. The topological polar surface area (TPSA) is 59.8 Å². The van der Waals surface area contributed by atoms with Gasteiger partial charge < -0.3 is 18.9 Å². The van der Waals surface area contributed by atoms with Crippen LogP contribution in [-0.4, -0.2) is 65.7 Å². The zero-order valence-electron chi connectivity index (χ0n) is 22.9. The number of carbonyl (C=O) groups excluding carboxylic acids is 1. The quantitative estimate of drug-likeness (QED) is 0.336. The molecule has 2 heterocycles. The molecule has 0 spiro atoms. The molecular weight excluding hydrogens is 476 g/mol. The minimum atomic E-state index is 0.0765. The van der Waals surface area contributed by atoms with Gasteiger partial charge in [0.25, 0.3) is 0 Å². The molecule has 1 atom stereocenters. The number of nitrogens with zero attached hydrogens (tertiary/aromatic N) is 4. The molecule has 7 nitrogen and oxygen atoms in total. The van der Waals surface area contributed by atoms with Gasteiger partial charge in [0.05, 0.1) is 26.1 Å². The van der Waals surface area contributed by atoms with Crippen LogP contribution in [0.5, 0.6) is 11.5 Å². The van der Waals surface area contributed by atoms with E-state index in [0.717, 1.165) is 56.1 Å². The van der Waals surface area contributed by atoms with Crippen molar-refractivity contribution in [2.24, 2.45) is 0 Å². The zero-order valence-corrected chi connectivity index (χ0v) is 22.9. The highest BCUT2D eigenvalue weighted by atomic mass is 16.5. The van der Waals surface area contributed by atoms with E-state index in [1.807, 2.05) is 22.9 Å². The summed E-state index contributed by atoms with van der Waals surface area (Å²) in [6.07, 6.45) is 9.45. The molecule has 1 aliphatic heterocycles. The van der Waals surface area contributed by atoms with Gasteiger partial charge in [-0.05, 0) is 63.6 Å². The van der Waals surface area contributed by atoms with E-state index in [-0.39, 0.29) is 24.0 Å². The molecule has 1 aliphatic carbocycles. The number of hydrogen-bond acceptors (Lipinski definition) is 6. The van der Waals surface area contributed by atoms with E-state index in [1.54, 1.807) is 13.4 Å². The van der Waals surface area contributed by atoms with Crippen LogP contribution in [0.15, 0.2) is 61.1 Å². The number of benzene rings is 2. The van der Waals surface area contributed by atoms with Gasteiger partial charge in [0, 0.05) is 49.7 Å². The fourth-order valence-corrected chi connectivity index (χ4v) is 5.58. The fraction of sp³-hybridized carbons (Fsp3) is 0.484. The van der Waals surface area contributed by atoms with Gasteiger partial charge in [-0.25, -0.2) is 4.98 Å². The lowest BCUT2D eigenvalue weighted by molar-refractivity contribution is 0.0871. The van der Waals surface area contributed by atoms with E-state index in [0.29, 0.717) is 12.2 Å². The molecule has 2 aromatic carbocycles. The van der Waals surface area contributed by atoms with E-state index in [9.17, 15) is 4.79 Å². The maximum absolute atomic E-state index is 13.2. The molecule has 1 saturated heterocycles. The lowest BCUT2D eigenvalue weighted by Crippen LogP contribution is -2.55. The van der Waals surface area contributed by atoms with Crippen LogP contribution in [0.2, 0.25) is 0 Å². The third-order valence-electron chi connectivity index (χ3n) is 7.86. The van der Waals surface area contributed by atoms with Crippen molar-refractivity contribution in [3.63, 3.8) is 0 Å². The highest BCUT2D eigenvalue weighted by molar-refractivity contribution is 5.95. The maximum Gasteiger partial charge on any atom is 0.196 e. The normalized spacial score (nSPS) is 18.7. The Labute approximate surface area is 226 Å². The summed E-state index contributed by atoms with van der Waals surface area (Å²) < 4.78 is 14.0. The highest BCUT2D eigenvalue weighted by Crippen LogP contribution is 2.36. The SMILES string of the molecule is COc1ccc(N2CCN(CC(=O)c3cn(C(C)C)cn3)[C@@H](Cc3ccccc3)C2)cc1OC1CCCC1. The molecule has 38 heavy (non-hydrogen) atoms. The van der Waals surface area contributed by atoms with Crippen molar-refractivity contribution in [2.45, 2.75) is 64.1 Å². The molecule has 5 rings (SSSR count). The molecule has 1 saturated carbocycles. The van der Waals surface area contributed by atoms with Gasteiger partial charge in [0.2, 0.25) is 0 Å². The Bertz CT molecular complexity index is 1200. The van der Waals surface area contributed by atoms with Gasteiger partial charge in [-0.3, -0.25) is 9.69 Å². The van der Waals surface area contributed by atoms with Gasteiger partial charge in [0.1, 0.15) is 5.69 Å². The third-order valence-corrected chi connectivity index (χ3v) is 7.86. The summed E-state index contributed by atoms with van der Waals surface area (Å²) in [6.45, 7) is 7.03. The average Bonchev–Trinajstić information content (AvgIpc) is 3.63. The predicted octanol–water partition coefficient (Wildman–Crippen LogP) is 5.41. The number of rotatable bonds is 10. The first-order valence-corrected chi connectivity index (χ1v) is 13.9. The van der Waals surface area contributed by atoms with Gasteiger partial charge in [-0.15, -0.1) is 0 Å². The number of imidazole rings is 1. The second-order valence-corrected chi connectivity index (χ2v) is 10.8. The molecule has 2 fully saturated rings. The van der Waals surface area contributed by atoms with E-state index in [4.69, 9.17) is 9.47 Å². The Morgan fingerprint density at radius 2 is 1.84 bits per heavy atom. The minimum absolute atomic E-state index is 0.0765. The Hall–Kier alpha value is -3.32. The largest absolute Gasteiger partial charge is 0.493 e. The lowest BCUT2D eigenvalue weighted by atomic mass is 10.0. The molecule has 1 aromatic heterocycles. The molecule has 2 aliphatic rings. The van der Waals surface area contributed by atoms with Crippen molar-refractivity contribution in [3.05, 3.63) is 72.3 Å². The van der Waals surface area contributed by atoms with Gasteiger partial charge in [-0.2, -0.15) is 0 Å². The maximum atomic E-state index is 13.2. The summed E-state index contributed by atoms with van der Waals surface area (Å²) in [5, 5.41) is 0. The van der Waals surface area contributed by atoms with Crippen LogP contribution in [0.4, 0.5) is 5.69 Å². The first-order valence-electron chi connectivity index (χ1n) is 13.9. The Morgan fingerprint density at radius 1 is 1.05 bits per heavy atom. The summed E-state index contributed by atoms with van der Waals surface area (Å²) >= 11 is 0. The number of anilines is 1. The first kappa shape index (κ1) is 26.3. The summed E-state index contributed by atoms with van der Waals surface area (Å²) in [5.41, 5.74) is 2.96. The fourth-order valence-electron chi connectivity index (χ4n) is 5.58. The number of Topliss-reactive ketones (excluding diaryl/α,β-unsaturated/α-hetero) is 1.